The van der Waals surface area contributed by atoms with Crippen LogP contribution in [0.25, 0.3) is 0 Å². The Morgan fingerprint density at radius 2 is 1.96 bits per heavy atom. The summed E-state index contributed by atoms with van der Waals surface area (Å²) in [5, 5.41) is 2.54. The van der Waals surface area contributed by atoms with Crippen LogP contribution in [0.2, 0.25) is 0 Å². The van der Waals surface area contributed by atoms with Crippen LogP contribution in [0.1, 0.15) is 6.92 Å². The number of carbonyl (C=O) groups is 2. The number of ether oxygens (including phenoxy) is 2. The Balaban J connectivity index is 2.09. The van der Waals surface area contributed by atoms with Crippen LogP contribution in [0.5, 0.6) is 11.5 Å². The van der Waals surface area contributed by atoms with Gasteiger partial charge in [0.15, 0.2) is 6.10 Å². The third kappa shape index (κ3) is 3.58. The zero-order valence-electron chi connectivity index (χ0n) is 15.2. The molecule has 10 heteroatoms. The highest BCUT2D eigenvalue weighted by Crippen LogP contribution is 2.38. The fraction of sp³-hybridized carbons (Fsp3) is 0.222. The molecule has 2 aromatic rings. The van der Waals surface area contributed by atoms with E-state index in [1.807, 2.05) is 0 Å². The van der Waals surface area contributed by atoms with E-state index in [0.29, 0.717) is 5.75 Å². The summed E-state index contributed by atoms with van der Waals surface area (Å²) in [5.74, 6) is -0.606. The van der Waals surface area contributed by atoms with E-state index in [9.17, 15) is 18.0 Å². The molecule has 1 atom stereocenters. The molecule has 2 aromatic carbocycles. The first-order valence-corrected chi connectivity index (χ1v) is 9.71. The molecule has 2 amide bonds. The number of hydrogen-bond acceptors (Lipinski definition) is 6. The van der Waals surface area contributed by atoms with Crippen molar-refractivity contribution in [2.24, 2.45) is 5.73 Å². The standard InChI is InChI=1S/C18H19N3O6S/c1-11(22)20-13-9-12(7-8-15(13)26-2)28(24,25)21-10-17(18(19)23)27-16-6-4-3-5-14(16)21/h3-9,17H,10H2,1-2H3,(H2,19,23)(H,20,22)/t17-/m1/s1. The summed E-state index contributed by atoms with van der Waals surface area (Å²) in [4.78, 5) is 23.0. The van der Waals surface area contributed by atoms with Gasteiger partial charge in [-0.1, -0.05) is 12.1 Å². The molecule has 0 saturated heterocycles. The highest BCUT2D eigenvalue weighted by molar-refractivity contribution is 7.92. The largest absolute Gasteiger partial charge is 0.495 e. The summed E-state index contributed by atoms with van der Waals surface area (Å²) < 4.78 is 38.4. The van der Waals surface area contributed by atoms with Gasteiger partial charge in [0, 0.05) is 6.92 Å². The number of nitrogens with one attached hydrogen (secondary N) is 1. The Morgan fingerprint density at radius 3 is 2.61 bits per heavy atom. The maximum Gasteiger partial charge on any atom is 0.264 e. The van der Waals surface area contributed by atoms with E-state index in [4.69, 9.17) is 15.2 Å². The minimum absolute atomic E-state index is 0.0861. The van der Waals surface area contributed by atoms with Crippen molar-refractivity contribution in [1.82, 2.24) is 0 Å². The SMILES string of the molecule is COc1ccc(S(=O)(=O)N2C[C@H](C(N)=O)Oc3ccccc32)cc1NC(C)=O. The van der Waals surface area contributed by atoms with E-state index in [1.165, 1.54) is 32.2 Å². The van der Waals surface area contributed by atoms with Crippen LogP contribution < -0.4 is 24.8 Å². The lowest BCUT2D eigenvalue weighted by Gasteiger charge is -2.34. The Morgan fingerprint density at radius 1 is 1.25 bits per heavy atom. The van der Waals surface area contributed by atoms with E-state index in [2.05, 4.69) is 5.32 Å². The first-order chi connectivity index (χ1) is 13.2. The molecule has 0 radical (unpaired) electrons. The molecular weight excluding hydrogens is 386 g/mol. The number of methoxy groups -OCH3 is 1. The van der Waals surface area contributed by atoms with E-state index in [-0.39, 0.29) is 34.5 Å². The predicted octanol–water partition coefficient (Wildman–Crippen LogP) is 1.10. The van der Waals surface area contributed by atoms with Gasteiger partial charge in [0.25, 0.3) is 15.9 Å². The second-order valence-corrected chi connectivity index (χ2v) is 7.92. The Hall–Kier alpha value is -3.27. The van der Waals surface area contributed by atoms with Crippen LogP contribution in [-0.4, -0.2) is 40.0 Å². The van der Waals surface area contributed by atoms with Crippen molar-refractivity contribution in [3.63, 3.8) is 0 Å². The normalized spacial score (nSPS) is 15.9. The lowest BCUT2D eigenvalue weighted by Crippen LogP contribution is -2.49. The fourth-order valence-corrected chi connectivity index (χ4v) is 4.34. The van der Waals surface area contributed by atoms with Crippen LogP contribution in [0.15, 0.2) is 47.4 Å². The van der Waals surface area contributed by atoms with Gasteiger partial charge in [0.2, 0.25) is 5.91 Å². The number of carbonyl (C=O) groups excluding carboxylic acids is 2. The van der Waals surface area contributed by atoms with Gasteiger partial charge in [-0.3, -0.25) is 13.9 Å². The van der Waals surface area contributed by atoms with E-state index < -0.39 is 22.0 Å². The molecule has 0 saturated carbocycles. The third-order valence-corrected chi connectivity index (χ3v) is 5.90. The number of nitrogens with zero attached hydrogens (tertiary/aromatic N) is 1. The van der Waals surface area contributed by atoms with Crippen molar-refractivity contribution in [3.05, 3.63) is 42.5 Å². The predicted molar refractivity (Wildman–Crippen MR) is 102 cm³/mol. The zero-order valence-corrected chi connectivity index (χ0v) is 16.0. The summed E-state index contributed by atoms with van der Waals surface area (Å²) in [5.41, 5.74) is 5.84. The quantitative estimate of drug-likeness (QED) is 0.766. The lowest BCUT2D eigenvalue weighted by molar-refractivity contribution is -0.124. The monoisotopic (exact) mass is 405 g/mol. The van der Waals surface area contributed by atoms with Gasteiger partial charge in [-0.05, 0) is 30.3 Å². The van der Waals surface area contributed by atoms with Crippen molar-refractivity contribution >= 4 is 33.2 Å². The van der Waals surface area contributed by atoms with Crippen molar-refractivity contribution in [2.75, 3.05) is 23.3 Å². The van der Waals surface area contributed by atoms with Gasteiger partial charge >= 0.3 is 0 Å². The average molecular weight is 405 g/mol. The fourth-order valence-electron chi connectivity index (χ4n) is 2.84. The van der Waals surface area contributed by atoms with Gasteiger partial charge < -0.3 is 20.5 Å². The summed E-state index contributed by atoms with van der Waals surface area (Å²) in [6.07, 6.45) is -1.13. The number of hydrogen-bond donors (Lipinski definition) is 2. The number of nitrogens with two attached hydrogens (primary N) is 1. The number of para-hydroxylation sites is 2. The molecule has 28 heavy (non-hydrogen) atoms. The number of fused-ring (bicyclic) bond motifs is 1. The number of primary amides is 1. The first kappa shape index (κ1) is 19.5. The van der Waals surface area contributed by atoms with Crippen molar-refractivity contribution < 1.29 is 27.5 Å². The van der Waals surface area contributed by atoms with Crippen molar-refractivity contribution in [1.29, 1.82) is 0 Å². The van der Waals surface area contributed by atoms with Gasteiger partial charge in [0.05, 0.1) is 29.9 Å². The van der Waals surface area contributed by atoms with Gasteiger partial charge in [-0.2, -0.15) is 0 Å². The Kier molecular flexibility index (Phi) is 5.14. The number of anilines is 2. The molecular formula is C18H19N3O6S. The molecule has 0 aromatic heterocycles. The third-order valence-electron chi connectivity index (χ3n) is 4.12. The zero-order chi connectivity index (χ0) is 20.5. The number of benzene rings is 2. The highest BCUT2D eigenvalue weighted by Gasteiger charge is 2.36. The van der Waals surface area contributed by atoms with E-state index in [0.717, 1.165) is 4.31 Å². The maximum atomic E-state index is 13.3. The molecule has 3 rings (SSSR count). The molecule has 0 fully saturated rings. The molecule has 1 aliphatic rings. The van der Waals surface area contributed by atoms with Crippen LogP contribution in [0.4, 0.5) is 11.4 Å². The summed E-state index contributed by atoms with van der Waals surface area (Å²) in [6.45, 7) is 1.03. The Bertz CT molecular complexity index is 1040. The summed E-state index contributed by atoms with van der Waals surface area (Å²) in [7, 11) is -2.68. The number of sulfonamides is 1. The van der Waals surface area contributed by atoms with Crippen molar-refractivity contribution in [3.8, 4) is 11.5 Å². The average Bonchev–Trinajstić information content (AvgIpc) is 2.66. The van der Waals surface area contributed by atoms with Gasteiger partial charge in [-0.15, -0.1) is 0 Å². The molecule has 0 bridgehead atoms. The number of amides is 2. The molecule has 0 spiro atoms. The van der Waals surface area contributed by atoms with Crippen LogP contribution in [-0.2, 0) is 19.6 Å². The van der Waals surface area contributed by atoms with Crippen LogP contribution in [0, 0.1) is 0 Å². The highest BCUT2D eigenvalue weighted by atomic mass is 32.2. The molecule has 0 unspecified atom stereocenters. The van der Waals surface area contributed by atoms with Gasteiger partial charge in [-0.25, -0.2) is 8.42 Å². The van der Waals surface area contributed by atoms with Gasteiger partial charge in [0.1, 0.15) is 11.5 Å². The van der Waals surface area contributed by atoms with E-state index >= 15 is 0 Å². The minimum Gasteiger partial charge on any atom is -0.495 e. The molecule has 1 heterocycles. The van der Waals surface area contributed by atoms with Crippen LogP contribution in [0.3, 0.4) is 0 Å². The van der Waals surface area contributed by atoms with E-state index in [1.54, 1.807) is 24.3 Å². The number of rotatable bonds is 5. The summed E-state index contributed by atoms with van der Waals surface area (Å²) in [6, 6.07) is 10.5. The molecule has 9 nitrogen and oxygen atoms in total. The van der Waals surface area contributed by atoms with Crippen molar-refractivity contribution in [2.45, 2.75) is 17.9 Å². The summed E-state index contributed by atoms with van der Waals surface area (Å²) >= 11 is 0. The second kappa shape index (κ2) is 7.39. The first-order valence-electron chi connectivity index (χ1n) is 8.27. The second-order valence-electron chi connectivity index (χ2n) is 6.06. The Labute approximate surface area is 162 Å². The molecule has 0 aliphatic carbocycles. The minimum atomic E-state index is -4.09. The molecule has 3 N–H and O–H groups in total. The van der Waals surface area contributed by atoms with Crippen LogP contribution >= 0.6 is 0 Å². The molecule has 148 valence electrons. The topological polar surface area (TPSA) is 128 Å². The maximum absolute atomic E-state index is 13.3. The smallest absolute Gasteiger partial charge is 0.264 e. The lowest BCUT2D eigenvalue weighted by atomic mass is 10.2. The molecule has 1 aliphatic heterocycles.